The first kappa shape index (κ1) is 15.8. The fraction of sp³-hybridized carbons (Fsp3) is 0.333. The number of anilines is 1. The first-order chi connectivity index (χ1) is 11.7. The lowest BCUT2D eigenvalue weighted by atomic mass is 9.91. The Morgan fingerprint density at radius 2 is 2.12 bits per heavy atom. The van der Waals surface area contributed by atoms with Crippen molar-refractivity contribution in [3.8, 4) is 5.75 Å². The molecule has 1 unspecified atom stereocenters. The zero-order valence-electron chi connectivity index (χ0n) is 13.3. The molecule has 0 bridgehead atoms. The number of ether oxygens (including phenoxy) is 1. The predicted molar refractivity (Wildman–Crippen MR) is 100 cm³/mol. The van der Waals surface area contributed by atoms with Crippen LogP contribution in [0.1, 0.15) is 29.7 Å². The van der Waals surface area contributed by atoms with E-state index in [4.69, 9.17) is 9.84 Å². The summed E-state index contributed by atoms with van der Waals surface area (Å²) in [4.78, 5) is 14.0. The molecule has 2 aliphatic rings. The molecule has 1 aromatic carbocycles. The minimum Gasteiger partial charge on any atom is -0.497 e. The highest BCUT2D eigenvalue weighted by Crippen LogP contribution is 2.38. The maximum atomic E-state index is 12.6. The molecule has 6 heteroatoms. The van der Waals surface area contributed by atoms with E-state index in [9.17, 15) is 4.79 Å². The first-order valence-electron chi connectivity index (χ1n) is 8.00. The van der Waals surface area contributed by atoms with Crippen molar-refractivity contribution < 1.29 is 9.53 Å². The molecule has 2 aromatic rings. The van der Waals surface area contributed by atoms with Gasteiger partial charge in [0, 0.05) is 22.8 Å². The molecule has 4 rings (SSSR count). The molecule has 24 heavy (non-hydrogen) atoms. The first-order valence-corrected chi connectivity index (χ1v) is 9.61. The predicted octanol–water partition coefficient (Wildman–Crippen LogP) is 4.61. The van der Waals surface area contributed by atoms with E-state index in [0.29, 0.717) is 6.42 Å². The molecular weight excluding hydrogens is 388 g/mol. The van der Waals surface area contributed by atoms with Gasteiger partial charge in [0.2, 0.25) is 5.91 Å². The van der Waals surface area contributed by atoms with Crippen molar-refractivity contribution in [2.45, 2.75) is 25.7 Å². The fourth-order valence-electron chi connectivity index (χ4n) is 3.38. The number of halogens is 1. The zero-order valence-corrected chi connectivity index (χ0v) is 15.7. The number of fused-ring (bicyclic) bond motifs is 3. The molecule has 4 nitrogen and oxygen atoms in total. The molecule has 0 saturated carbocycles. The molecule has 124 valence electrons. The second kappa shape index (κ2) is 6.33. The van der Waals surface area contributed by atoms with Crippen molar-refractivity contribution in [1.82, 2.24) is 0 Å². The third kappa shape index (κ3) is 2.78. The van der Waals surface area contributed by atoms with E-state index in [2.05, 4.69) is 22.0 Å². The summed E-state index contributed by atoms with van der Waals surface area (Å²) in [5.41, 5.74) is 3.05. The number of hydrogen-bond acceptors (Lipinski definition) is 4. The minimum atomic E-state index is 0.0617. The van der Waals surface area contributed by atoms with Crippen LogP contribution in [0.3, 0.4) is 0 Å². The number of hydrogen-bond donors (Lipinski definition) is 0. The van der Waals surface area contributed by atoms with Crippen LogP contribution in [-0.4, -0.2) is 18.7 Å². The number of nitrogens with zero attached hydrogens (tertiary/aromatic N) is 2. The Bertz CT molecular complexity index is 813. The second-order valence-corrected chi connectivity index (χ2v) is 8.59. The number of rotatable bonds is 2. The maximum Gasteiger partial charge on any atom is 0.248 e. The third-order valence-corrected chi connectivity index (χ3v) is 6.28. The van der Waals surface area contributed by atoms with E-state index >= 15 is 0 Å². The van der Waals surface area contributed by atoms with Gasteiger partial charge in [0.1, 0.15) is 5.75 Å². The van der Waals surface area contributed by atoms with E-state index in [1.807, 2.05) is 24.3 Å². The van der Waals surface area contributed by atoms with Crippen LogP contribution < -0.4 is 9.75 Å². The van der Waals surface area contributed by atoms with E-state index in [1.165, 1.54) is 10.4 Å². The molecule has 1 aliphatic heterocycles. The molecule has 0 fully saturated rings. The highest BCUT2D eigenvalue weighted by atomic mass is 79.9. The summed E-state index contributed by atoms with van der Waals surface area (Å²) < 4.78 is 6.32. The molecular formula is C18H17BrN2O2S. The van der Waals surface area contributed by atoms with Crippen molar-refractivity contribution in [2.24, 2.45) is 11.0 Å². The van der Waals surface area contributed by atoms with Gasteiger partial charge in [0.05, 0.1) is 22.3 Å². The fourth-order valence-corrected chi connectivity index (χ4v) is 5.13. The van der Waals surface area contributed by atoms with Crippen molar-refractivity contribution in [1.29, 1.82) is 0 Å². The Balaban J connectivity index is 1.77. The Hall–Kier alpha value is -1.66. The number of methoxy groups -OCH3 is 1. The smallest absolute Gasteiger partial charge is 0.248 e. The van der Waals surface area contributed by atoms with E-state index < -0.39 is 0 Å². The molecule has 0 saturated heterocycles. The summed E-state index contributed by atoms with van der Waals surface area (Å²) in [6.07, 6.45) is 3.73. The minimum absolute atomic E-state index is 0.0617. The zero-order chi connectivity index (χ0) is 16.7. The number of thiophene rings is 1. The van der Waals surface area contributed by atoms with Gasteiger partial charge in [-0.2, -0.15) is 5.10 Å². The molecule has 0 radical (unpaired) electrons. The monoisotopic (exact) mass is 404 g/mol. The number of aryl methyl sites for hydroxylation is 1. The quantitative estimate of drug-likeness (QED) is 0.732. The molecule has 1 aromatic heterocycles. The molecule has 1 amide bonds. The Kier molecular flexibility index (Phi) is 4.18. The summed E-state index contributed by atoms with van der Waals surface area (Å²) in [6, 6.07) is 9.62. The van der Waals surface area contributed by atoms with Gasteiger partial charge in [-0.05, 0) is 65.5 Å². The lowest BCUT2D eigenvalue weighted by molar-refractivity contribution is -0.119. The van der Waals surface area contributed by atoms with Crippen LogP contribution in [0.15, 0.2) is 39.2 Å². The topological polar surface area (TPSA) is 41.9 Å². The van der Waals surface area contributed by atoms with E-state index in [-0.39, 0.29) is 11.8 Å². The van der Waals surface area contributed by atoms with Crippen LogP contribution in [0.2, 0.25) is 0 Å². The average molecular weight is 405 g/mol. The van der Waals surface area contributed by atoms with Gasteiger partial charge in [-0.25, -0.2) is 5.01 Å². The van der Waals surface area contributed by atoms with Gasteiger partial charge in [-0.1, -0.05) is 0 Å². The molecule has 2 heterocycles. The Morgan fingerprint density at radius 1 is 1.33 bits per heavy atom. The van der Waals surface area contributed by atoms with Gasteiger partial charge in [-0.15, -0.1) is 11.3 Å². The van der Waals surface area contributed by atoms with Gasteiger partial charge in [0.25, 0.3) is 0 Å². The number of carbonyl (C=O) groups is 1. The van der Waals surface area contributed by atoms with Gasteiger partial charge >= 0.3 is 0 Å². The normalized spacial score (nSPS) is 20.1. The maximum absolute atomic E-state index is 12.6. The lowest BCUT2D eigenvalue weighted by Gasteiger charge is -2.28. The summed E-state index contributed by atoms with van der Waals surface area (Å²) in [6.45, 7) is 0. The van der Waals surface area contributed by atoms with Crippen LogP contribution in [0.4, 0.5) is 5.69 Å². The van der Waals surface area contributed by atoms with Crippen LogP contribution in [-0.2, 0) is 11.2 Å². The van der Waals surface area contributed by atoms with Crippen LogP contribution >= 0.6 is 27.3 Å². The third-order valence-electron chi connectivity index (χ3n) is 4.58. The standard InChI is InChI=1S/C18H17BrN2O2S/c1-23-13-7-5-12(6-8-13)21-17(22)9-11-3-2-4-15-14(18(11)20-21)10-16(19)24-15/h5-8,10-11H,2-4,9H2,1H3. The highest BCUT2D eigenvalue weighted by Gasteiger charge is 2.34. The van der Waals surface area contributed by atoms with Crippen LogP contribution in [0, 0.1) is 5.92 Å². The summed E-state index contributed by atoms with van der Waals surface area (Å²) in [5.74, 6) is 1.06. The molecule has 1 atom stereocenters. The van der Waals surface area contributed by atoms with Crippen molar-refractivity contribution >= 4 is 44.6 Å². The number of benzene rings is 1. The Morgan fingerprint density at radius 3 is 2.88 bits per heavy atom. The second-order valence-electron chi connectivity index (χ2n) is 6.07. The van der Waals surface area contributed by atoms with Crippen molar-refractivity contribution in [3.05, 3.63) is 44.6 Å². The molecule has 0 spiro atoms. The van der Waals surface area contributed by atoms with Crippen LogP contribution in [0.25, 0.3) is 0 Å². The van der Waals surface area contributed by atoms with Crippen LogP contribution in [0.5, 0.6) is 5.75 Å². The summed E-state index contributed by atoms with van der Waals surface area (Å²) in [7, 11) is 1.63. The van der Waals surface area contributed by atoms with Gasteiger partial charge in [0.15, 0.2) is 0 Å². The lowest BCUT2D eigenvalue weighted by Crippen LogP contribution is -2.37. The van der Waals surface area contributed by atoms with E-state index in [0.717, 1.165) is 40.2 Å². The SMILES string of the molecule is COc1ccc(N2N=C3c4cc(Br)sc4CCCC3CC2=O)cc1. The summed E-state index contributed by atoms with van der Waals surface area (Å²) >= 11 is 5.37. The average Bonchev–Trinajstić information content (AvgIpc) is 2.88. The number of amides is 1. The van der Waals surface area contributed by atoms with E-state index in [1.54, 1.807) is 23.5 Å². The largest absolute Gasteiger partial charge is 0.497 e. The van der Waals surface area contributed by atoms with Crippen molar-refractivity contribution in [3.63, 3.8) is 0 Å². The van der Waals surface area contributed by atoms with Gasteiger partial charge in [-0.3, -0.25) is 4.79 Å². The number of hydrazone groups is 1. The highest BCUT2D eigenvalue weighted by molar-refractivity contribution is 9.11. The molecule has 1 aliphatic carbocycles. The number of carbonyl (C=O) groups excluding carboxylic acids is 1. The summed E-state index contributed by atoms with van der Waals surface area (Å²) in [5, 5.41) is 6.32. The van der Waals surface area contributed by atoms with Crippen molar-refractivity contribution in [2.75, 3.05) is 12.1 Å². The Labute approximate surface area is 153 Å². The van der Waals surface area contributed by atoms with Gasteiger partial charge < -0.3 is 4.74 Å². The molecule has 0 N–H and O–H groups in total.